The number of carbonyl (C=O) groups excluding carboxylic acids is 1. The normalized spacial score (nSPS) is 10.3. The van der Waals surface area contributed by atoms with E-state index in [4.69, 9.17) is 5.11 Å². The van der Waals surface area contributed by atoms with E-state index in [2.05, 4.69) is 4.74 Å². The van der Waals surface area contributed by atoms with Crippen LogP contribution in [0.25, 0.3) is 5.69 Å². The van der Waals surface area contributed by atoms with Crippen LogP contribution in [0.5, 0.6) is 0 Å². The quantitative estimate of drug-likeness (QED) is 0.876. The van der Waals surface area contributed by atoms with E-state index in [1.165, 1.54) is 17.7 Å². The second kappa shape index (κ2) is 5.85. The minimum absolute atomic E-state index is 0.0690. The highest BCUT2D eigenvalue weighted by atomic mass is 16.5. The van der Waals surface area contributed by atoms with Gasteiger partial charge in [0.25, 0.3) is 5.56 Å². The second-order valence-corrected chi connectivity index (χ2v) is 4.86. The highest BCUT2D eigenvalue weighted by molar-refractivity contribution is 5.90. The lowest BCUT2D eigenvalue weighted by Crippen LogP contribution is -2.22. The molecular weight excluding hydrogens is 286 g/mol. The van der Waals surface area contributed by atoms with E-state index < -0.39 is 17.5 Å². The van der Waals surface area contributed by atoms with Crippen molar-refractivity contribution in [1.82, 2.24) is 4.57 Å². The number of aromatic nitrogens is 1. The van der Waals surface area contributed by atoms with E-state index in [0.717, 1.165) is 11.6 Å². The zero-order chi connectivity index (χ0) is 16.4. The van der Waals surface area contributed by atoms with Crippen LogP contribution in [0, 0.1) is 13.8 Å². The summed E-state index contributed by atoms with van der Waals surface area (Å²) < 4.78 is 6.04. The minimum atomic E-state index is -1.16. The Balaban J connectivity index is 2.69. The van der Waals surface area contributed by atoms with Crippen molar-refractivity contribution >= 4 is 11.9 Å². The van der Waals surface area contributed by atoms with Gasteiger partial charge in [-0.1, -0.05) is 6.07 Å². The summed E-state index contributed by atoms with van der Waals surface area (Å²) in [4.78, 5) is 34.9. The molecule has 6 heteroatoms. The molecule has 1 aromatic carbocycles. The third kappa shape index (κ3) is 2.76. The highest BCUT2D eigenvalue weighted by Gasteiger charge is 2.14. The van der Waals surface area contributed by atoms with Crippen molar-refractivity contribution < 1.29 is 19.4 Å². The molecule has 0 atom stereocenters. The van der Waals surface area contributed by atoms with Crippen molar-refractivity contribution in [2.45, 2.75) is 13.8 Å². The van der Waals surface area contributed by atoms with Gasteiger partial charge in [0.1, 0.15) is 0 Å². The lowest BCUT2D eigenvalue weighted by Gasteiger charge is -2.14. The minimum Gasteiger partial charge on any atom is -0.478 e. The fourth-order valence-electron chi connectivity index (χ4n) is 2.23. The number of carboxylic acids is 1. The largest absolute Gasteiger partial charge is 0.478 e. The van der Waals surface area contributed by atoms with Gasteiger partial charge in [0.05, 0.1) is 23.9 Å². The van der Waals surface area contributed by atoms with Gasteiger partial charge in [0, 0.05) is 11.8 Å². The number of methoxy groups -OCH3 is 1. The molecule has 0 aliphatic rings. The number of hydrogen-bond donors (Lipinski definition) is 1. The summed E-state index contributed by atoms with van der Waals surface area (Å²) in [5.41, 5.74) is 1.54. The summed E-state index contributed by atoms with van der Waals surface area (Å²) in [6, 6.07) is 7.33. The van der Waals surface area contributed by atoms with Crippen LogP contribution in [0.15, 0.2) is 35.1 Å². The Hall–Kier alpha value is -2.89. The molecule has 1 heterocycles. The first-order valence-corrected chi connectivity index (χ1v) is 6.51. The Morgan fingerprint density at radius 1 is 1.09 bits per heavy atom. The zero-order valence-corrected chi connectivity index (χ0v) is 12.4. The summed E-state index contributed by atoms with van der Waals surface area (Å²) >= 11 is 0. The maximum Gasteiger partial charge on any atom is 0.337 e. The standard InChI is InChI=1S/C16H15NO5/c1-9-4-5-11(16(21)22-3)7-13(9)17-10(2)6-12(15(19)20)8-14(17)18/h4-8H,1-3H3,(H,19,20). The van der Waals surface area contributed by atoms with Crippen molar-refractivity contribution in [3.8, 4) is 5.69 Å². The van der Waals surface area contributed by atoms with E-state index in [-0.39, 0.29) is 5.56 Å². The number of esters is 1. The van der Waals surface area contributed by atoms with Gasteiger partial charge in [-0.25, -0.2) is 9.59 Å². The molecule has 0 aliphatic heterocycles. The zero-order valence-electron chi connectivity index (χ0n) is 12.4. The van der Waals surface area contributed by atoms with Crippen LogP contribution in [-0.2, 0) is 4.74 Å². The van der Waals surface area contributed by atoms with Crippen LogP contribution in [-0.4, -0.2) is 28.7 Å². The summed E-state index contributed by atoms with van der Waals surface area (Å²) in [6.07, 6.45) is 0. The van der Waals surface area contributed by atoms with E-state index in [1.54, 1.807) is 32.0 Å². The molecule has 0 bridgehead atoms. The van der Waals surface area contributed by atoms with Crippen LogP contribution in [0.1, 0.15) is 32.0 Å². The molecule has 2 rings (SSSR count). The first kappa shape index (κ1) is 15.5. The summed E-state index contributed by atoms with van der Waals surface area (Å²) in [5, 5.41) is 8.99. The first-order chi connectivity index (χ1) is 10.3. The highest BCUT2D eigenvalue weighted by Crippen LogP contribution is 2.17. The van der Waals surface area contributed by atoms with Crippen LogP contribution >= 0.6 is 0 Å². The Morgan fingerprint density at radius 3 is 2.32 bits per heavy atom. The second-order valence-electron chi connectivity index (χ2n) is 4.86. The van der Waals surface area contributed by atoms with Crippen molar-refractivity contribution in [2.75, 3.05) is 7.11 Å². The Labute approximate surface area is 126 Å². The van der Waals surface area contributed by atoms with E-state index in [1.807, 2.05) is 0 Å². The van der Waals surface area contributed by atoms with Crippen molar-refractivity contribution in [3.05, 3.63) is 63.1 Å². The molecular formula is C16H15NO5. The fraction of sp³-hybridized carbons (Fsp3) is 0.188. The molecule has 0 radical (unpaired) electrons. The SMILES string of the molecule is COC(=O)c1ccc(C)c(-n2c(C)cc(C(=O)O)cc2=O)c1. The number of carbonyl (C=O) groups is 2. The van der Waals surface area contributed by atoms with Crippen molar-refractivity contribution in [2.24, 2.45) is 0 Å². The number of hydrogen-bond acceptors (Lipinski definition) is 4. The molecule has 0 spiro atoms. The molecule has 1 aromatic heterocycles. The topological polar surface area (TPSA) is 85.6 Å². The lowest BCUT2D eigenvalue weighted by molar-refractivity contribution is 0.0599. The van der Waals surface area contributed by atoms with Crippen LogP contribution < -0.4 is 5.56 Å². The molecule has 0 saturated carbocycles. The molecule has 2 aromatic rings. The molecule has 6 nitrogen and oxygen atoms in total. The molecule has 0 aliphatic carbocycles. The van der Waals surface area contributed by atoms with Crippen LogP contribution in [0.4, 0.5) is 0 Å². The van der Waals surface area contributed by atoms with Crippen molar-refractivity contribution in [3.63, 3.8) is 0 Å². The Morgan fingerprint density at radius 2 is 1.77 bits per heavy atom. The van der Waals surface area contributed by atoms with Gasteiger partial charge in [0.2, 0.25) is 0 Å². The van der Waals surface area contributed by atoms with Gasteiger partial charge >= 0.3 is 11.9 Å². The number of ether oxygens (including phenoxy) is 1. The van der Waals surface area contributed by atoms with Gasteiger partial charge in [0.15, 0.2) is 0 Å². The van der Waals surface area contributed by atoms with Crippen molar-refractivity contribution in [1.29, 1.82) is 0 Å². The summed E-state index contributed by atoms with van der Waals surface area (Å²) in [6.45, 7) is 3.44. The predicted octanol–water partition coefficient (Wildman–Crippen LogP) is 1.94. The molecule has 1 N–H and O–H groups in total. The average molecular weight is 301 g/mol. The molecule has 0 fully saturated rings. The van der Waals surface area contributed by atoms with E-state index in [0.29, 0.717) is 16.9 Å². The van der Waals surface area contributed by atoms with Crippen LogP contribution in [0.2, 0.25) is 0 Å². The monoisotopic (exact) mass is 301 g/mol. The summed E-state index contributed by atoms with van der Waals surface area (Å²) in [5.74, 6) is -1.67. The number of nitrogens with zero attached hydrogens (tertiary/aromatic N) is 1. The first-order valence-electron chi connectivity index (χ1n) is 6.51. The average Bonchev–Trinajstić information content (AvgIpc) is 2.47. The molecule has 114 valence electrons. The fourth-order valence-corrected chi connectivity index (χ4v) is 2.23. The molecule has 0 amide bonds. The number of rotatable bonds is 3. The van der Waals surface area contributed by atoms with Gasteiger partial charge in [-0.15, -0.1) is 0 Å². The summed E-state index contributed by atoms with van der Waals surface area (Å²) in [7, 11) is 1.28. The maximum absolute atomic E-state index is 12.3. The predicted molar refractivity (Wildman–Crippen MR) is 79.8 cm³/mol. The Kier molecular flexibility index (Phi) is 4.12. The maximum atomic E-state index is 12.3. The number of benzene rings is 1. The van der Waals surface area contributed by atoms with E-state index >= 15 is 0 Å². The third-order valence-corrected chi connectivity index (χ3v) is 3.33. The number of aryl methyl sites for hydroxylation is 2. The third-order valence-electron chi connectivity index (χ3n) is 3.33. The molecule has 22 heavy (non-hydrogen) atoms. The number of carboxylic acid groups (broad SMARTS) is 1. The Bertz CT molecular complexity index is 820. The molecule has 0 unspecified atom stereocenters. The van der Waals surface area contributed by atoms with Gasteiger partial charge in [-0.05, 0) is 37.6 Å². The van der Waals surface area contributed by atoms with E-state index in [9.17, 15) is 14.4 Å². The lowest BCUT2D eigenvalue weighted by atomic mass is 10.1. The smallest absolute Gasteiger partial charge is 0.337 e. The van der Waals surface area contributed by atoms with Gasteiger partial charge < -0.3 is 9.84 Å². The van der Waals surface area contributed by atoms with Gasteiger partial charge in [-0.2, -0.15) is 0 Å². The molecule has 0 saturated heterocycles. The number of pyridine rings is 1. The van der Waals surface area contributed by atoms with Gasteiger partial charge in [-0.3, -0.25) is 9.36 Å². The number of aromatic carboxylic acids is 1. The van der Waals surface area contributed by atoms with Crippen LogP contribution in [0.3, 0.4) is 0 Å².